The number of aromatic nitrogens is 2. The Bertz CT molecular complexity index is 541. The molecular formula is C10H8ClN3O3. The molecule has 2 aromatic rings. The second kappa shape index (κ2) is 4.84. The van der Waals surface area contributed by atoms with E-state index in [0.29, 0.717) is 17.0 Å². The van der Waals surface area contributed by atoms with Crippen molar-refractivity contribution >= 4 is 23.5 Å². The van der Waals surface area contributed by atoms with E-state index in [0.717, 1.165) is 0 Å². The first-order valence-corrected chi connectivity index (χ1v) is 5.21. The molecule has 0 saturated heterocycles. The Labute approximate surface area is 101 Å². The summed E-state index contributed by atoms with van der Waals surface area (Å²) < 4.78 is 5.06. The third-order valence-corrected chi connectivity index (χ3v) is 2.27. The number of hydrogen-bond donors (Lipinski definition) is 2. The number of hydrogen-bond acceptors (Lipinski definition) is 4. The number of amides is 1. The van der Waals surface area contributed by atoms with Crippen LogP contribution in [-0.2, 0) is 5.88 Å². The Kier molecular flexibility index (Phi) is 3.24. The number of anilines is 1. The Balaban J connectivity index is 2.40. The number of nitrogens with one attached hydrogen (secondary N) is 1. The lowest BCUT2D eigenvalue weighted by Gasteiger charge is -2.03. The standard InChI is InChI=1S/C10H8ClN3O3/c11-5-6-4-8(17-14-6)7-2-1-3-12-9(7)13-10(15)16/h1-4H,5H2,(H,12,13)(H,15,16). The van der Waals surface area contributed by atoms with Crippen molar-refractivity contribution in [3.8, 4) is 11.3 Å². The quantitative estimate of drug-likeness (QED) is 0.821. The van der Waals surface area contributed by atoms with Crippen LogP contribution in [0, 0.1) is 0 Å². The van der Waals surface area contributed by atoms with Gasteiger partial charge in [0.2, 0.25) is 0 Å². The van der Waals surface area contributed by atoms with Gasteiger partial charge in [0, 0.05) is 12.3 Å². The highest BCUT2D eigenvalue weighted by atomic mass is 35.5. The SMILES string of the molecule is O=C(O)Nc1ncccc1-c1cc(CCl)no1. The van der Waals surface area contributed by atoms with Crippen molar-refractivity contribution in [3.63, 3.8) is 0 Å². The van der Waals surface area contributed by atoms with E-state index in [-0.39, 0.29) is 11.7 Å². The zero-order chi connectivity index (χ0) is 12.3. The molecule has 1 amide bonds. The molecule has 0 aromatic carbocycles. The van der Waals surface area contributed by atoms with Crippen LogP contribution in [0.5, 0.6) is 0 Å². The third kappa shape index (κ3) is 2.54. The van der Waals surface area contributed by atoms with Crippen LogP contribution in [-0.4, -0.2) is 21.3 Å². The molecule has 2 heterocycles. The summed E-state index contributed by atoms with van der Waals surface area (Å²) in [7, 11) is 0. The molecule has 17 heavy (non-hydrogen) atoms. The summed E-state index contributed by atoms with van der Waals surface area (Å²) in [5, 5.41) is 14.6. The largest absolute Gasteiger partial charge is 0.465 e. The van der Waals surface area contributed by atoms with Gasteiger partial charge in [0.1, 0.15) is 5.82 Å². The van der Waals surface area contributed by atoms with E-state index < -0.39 is 6.09 Å². The molecule has 0 radical (unpaired) electrons. The average Bonchev–Trinajstić information content (AvgIpc) is 2.77. The predicted molar refractivity (Wildman–Crippen MR) is 60.9 cm³/mol. The number of carboxylic acid groups (broad SMARTS) is 1. The zero-order valence-corrected chi connectivity index (χ0v) is 9.31. The van der Waals surface area contributed by atoms with E-state index in [4.69, 9.17) is 21.2 Å². The third-order valence-electron chi connectivity index (χ3n) is 1.99. The molecule has 0 fully saturated rings. The molecule has 6 nitrogen and oxygen atoms in total. The van der Waals surface area contributed by atoms with Gasteiger partial charge in [-0.25, -0.2) is 9.78 Å². The Morgan fingerprint density at radius 3 is 3.06 bits per heavy atom. The first-order valence-electron chi connectivity index (χ1n) is 4.67. The zero-order valence-electron chi connectivity index (χ0n) is 8.55. The second-order valence-corrected chi connectivity index (χ2v) is 3.41. The Morgan fingerprint density at radius 1 is 1.59 bits per heavy atom. The molecule has 0 unspecified atom stereocenters. The summed E-state index contributed by atoms with van der Waals surface area (Å²) in [6.45, 7) is 0. The number of carbonyl (C=O) groups is 1. The minimum absolute atomic E-state index is 0.192. The smallest absolute Gasteiger partial charge is 0.410 e. The van der Waals surface area contributed by atoms with Crippen molar-refractivity contribution in [2.75, 3.05) is 5.32 Å². The van der Waals surface area contributed by atoms with Crippen LogP contribution in [0.15, 0.2) is 28.9 Å². The number of rotatable bonds is 3. The monoisotopic (exact) mass is 253 g/mol. The molecule has 2 aromatic heterocycles. The summed E-state index contributed by atoms with van der Waals surface area (Å²) in [6.07, 6.45) is 0.287. The van der Waals surface area contributed by atoms with Gasteiger partial charge in [0.05, 0.1) is 17.1 Å². The van der Waals surface area contributed by atoms with Gasteiger partial charge in [-0.2, -0.15) is 0 Å². The highest BCUT2D eigenvalue weighted by molar-refractivity contribution is 6.16. The lowest BCUT2D eigenvalue weighted by Crippen LogP contribution is -2.09. The van der Waals surface area contributed by atoms with Crippen LogP contribution in [0.3, 0.4) is 0 Å². The molecule has 7 heteroatoms. The predicted octanol–water partition coefficient (Wildman–Crippen LogP) is 2.57. The highest BCUT2D eigenvalue weighted by Crippen LogP contribution is 2.26. The van der Waals surface area contributed by atoms with Gasteiger partial charge in [-0.1, -0.05) is 5.16 Å². The lowest BCUT2D eigenvalue weighted by atomic mass is 10.2. The summed E-state index contributed by atoms with van der Waals surface area (Å²) in [4.78, 5) is 14.5. The van der Waals surface area contributed by atoms with E-state index >= 15 is 0 Å². The van der Waals surface area contributed by atoms with Gasteiger partial charge in [-0.05, 0) is 12.1 Å². The minimum Gasteiger partial charge on any atom is -0.465 e. The summed E-state index contributed by atoms with van der Waals surface area (Å²) >= 11 is 5.60. The average molecular weight is 254 g/mol. The highest BCUT2D eigenvalue weighted by Gasteiger charge is 2.13. The first-order chi connectivity index (χ1) is 8.20. The number of nitrogens with zero attached hydrogens (tertiary/aromatic N) is 2. The Morgan fingerprint density at radius 2 is 2.41 bits per heavy atom. The number of pyridine rings is 1. The molecule has 0 atom stereocenters. The molecule has 88 valence electrons. The van der Waals surface area contributed by atoms with Gasteiger partial charge >= 0.3 is 6.09 Å². The summed E-state index contributed by atoms with van der Waals surface area (Å²) in [5.41, 5.74) is 1.09. The van der Waals surface area contributed by atoms with Crippen molar-refractivity contribution in [2.24, 2.45) is 0 Å². The van der Waals surface area contributed by atoms with E-state index in [1.165, 1.54) is 6.20 Å². The Hall–Kier alpha value is -2.08. The van der Waals surface area contributed by atoms with Crippen LogP contribution in [0.2, 0.25) is 0 Å². The van der Waals surface area contributed by atoms with Crippen LogP contribution in [0.4, 0.5) is 10.6 Å². The van der Waals surface area contributed by atoms with Gasteiger partial charge in [-0.3, -0.25) is 5.32 Å². The topological polar surface area (TPSA) is 88.2 Å². The molecule has 0 bridgehead atoms. The minimum atomic E-state index is -1.19. The van der Waals surface area contributed by atoms with E-state index in [2.05, 4.69) is 15.5 Å². The van der Waals surface area contributed by atoms with E-state index in [1.807, 2.05) is 0 Å². The van der Waals surface area contributed by atoms with Gasteiger partial charge in [0.15, 0.2) is 5.76 Å². The van der Waals surface area contributed by atoms with E-state index in [9.17, 15) is 4.79 Å². The van der Waals surface area contributed by atoms with Crippen molar-refractivity contribution in [2.45, 2.75) is 5.88 Å². The molecule has 0 aliphatic rings. The normalized spacial score (nSPS) is 10.2. The maximum atomic E-state index is 10.6. The van der Waals surface area contributed by atoms with Crippen LogP contribution in [0.25, 0.3) is 11.3 Å². The second-order valence-electron chi connectivity index (χ2n) is 3.15. The molecule has 2 N–H and O–H groups in total. The van der Waals surface area contributed by atoms with Crippen molar-refractivity contribution < 1.29 is 14.4 Å². The first kappa shape index (κ1) is 11.4. The lowest BCUT2D eigenvalue weighted by molar-refractivity contribution is 0.209. The van der Waals surface area contributed by atoms with Crippen LogP contribution in [0.1, 0.15) is 5.69 Å². The number of alkyl halides is 1. The summed E-state index contributed by atoms with van der Waals surface area (Å²) in [5.74, 6) is 0.834. The summed E-state index contributed by atoms with van der Waals surface area (Å²) in [6, 6.07) is 4.99. The fraction of sp³-hybridized carbons (Fsp3) is 0.100. The maximum absolute atomic E-state index is 10.6. The number of halogens is 1. The van der Waals surface area contributed by atoms with Crippen molar-refractivity contribution in [1.82, 2.24) is 10.1 Å². The molecule has 0 aliphatic heterocycles. The molecule has 0 saturated carbocycles. The van der Waals surface area contributed by atoms with Crippen molar-refractivity contribution in [1.29, 1.82) is 0 Å². The van der Waals surface area contributed by atoms with Crippen LogP contribution >= 0.6 is 11.6 Å². The van der Waals surface area contributed by atoms with Gasteiger partial charge < -0.3 is 9.63 Å². The fourth-order valence-electron chi connectivity index (χ4n) is 1.31. The maximum Gasteiger partial charge on any atom is 0.410 e. The van der Waals surface area contributed by atoms with E-state index in [1.54, 1.807) is 18.2 Å². The fourth-order valence-corrected chi connectivity index (χ4v) is 1.43. The molecule has 0 aliphatic carbocycles. The van der Waals surface area contributed by atoms with Crippen LogP contribution < -0.4 is 5.32 Å². The molecule has 2 rings (SSSR count). The molecule has 0 spiro atoms. The van der Waals surface area contributed by atoms with Gasteiger partial charge in [0.25, 0.3) is 0 Å². The van der Waals surface area contributed by atoms with Crippen molar-refractivity contribution in [3.05, 3.63) is 30.1 Å². The van der Waals surface area contributed by atoms with Gasteiger partial charge in [-0.15, -0.1) is 11.6 Å². The molecular weight excluding hydrogens is 246 g/mol.